The van der Waals surface area contributed by atoms with Crippen LogP contribution in [0.15, 0.2) is 45.0 Å². The van der Waals surface area contributed by atoms with E-state index >= 15 is 0 Å². The van der Waals surface area contributed by atoms with E-state index in [2.05, 4.69) is 5.32 Å². The summed E-state index contributed by atoms with van der Waals surface area (Å²) in [5, 5.41) is 3.85. The van der Waals surface area contributed by atoms with E-state index in [1.165, 1.54) is 4.31 Å². The van der Waals surface area contributed by atoms with Gasteiger partial charge >= 0.3 is 0 Å². The molecule has 3 heterocycles. The van der Waals surface area contributed by atoms with Gasteiger partial charge in [0.15, 0.2) is 11.3 Å². The molecular weight excluding hydrogens is 436 g/mol. The van der Waals surface area contributed by atoms with E-state index in [4.69, 9.17) is 9.15 Å². The van der Waals surface area contributed by atoms with Crippen molar-refractivity contribution in [3.8, 4) is 5.75 Å². The standard InChI is InChI=1S/C22H26N2O5S2/c1-3-28-18-8-6-7-16-13-19(29-22(16)18)15(2)23-20(25)14-17-9-10-21(30-17)31(26,27)24-11-4-5-12-24/h6-10,13,15H,3-5,11-12,14H2,1-2H3,(H,23,25). The van der Waals surface area contributed by atoms with E-state index in [0.29, 0.717) is 45.9 Å². The monoisotopic (exact) mass is 462 g/mol. The summed E-state index contributed by atoms with van der Waals surface area (Å²) >= 11 is 1.16. The van der Waals surface area contributed by atoms with Gasteiger partial charge < -0.3 is 14.5 Å². The van der Waals surface area contributed by atoms with Crippen LogP contribution < -0.4 is 10.1 Å². The maximum absolute atomic E-state index is 12.7. The summed E-state index contributed by atoms with van der Waals surface area (Å²) in [7, 11) is -3.45. The van der Waals surface area contributed by atoms with Crippen LogP contribution >= 0.6 is 11.3 Å². The lowest BCUT2D eigenvalue weighted by Crippen LogP contribution is -2.27. The van der Waals surface area contributed by atoms with Crippen LogP contribution in [-0.2, 0) is 21.2 Å². The van der Waals surface area contributed by atoms with Crippen molar-refractivity contribution in [2.45, 2.75) is 43.4 Å². The minimum Gasteiger partial charge on any atom is -0.490 e. The summed E-state index contributed by atoms with van der Waals surface area (Å²) in [6.07, 6.45) is 1.91. The molecule has 1 aromatic carbocycles. The lowest BCUT2D eigenvalue weighted by molar-refractivity contribution is -0.121. The molecule has 0 spiro atoms. The van der Waals surface area contributed by atoms with Crippen LogP contribution in [0.2, 0.25) is 0 Å². The Morgan fingerprint density at radius 1 is 1.26 bits per heavy atom. The zero-order chi connectivity index (χ0) is 22.0. The Bertz CT molecular complexity index is 1180. The number of nitrogens with one attached hydrogen (secondary N) is 1. The van der Waals surface area contributed by atoms with Crippen molar-refractivity contribution in [3.63, 3.8) is 0 Å². The van der Waals surface area contributed by atoms with E-state index in [1.807, 2.05) is 38.1 Å². The first-order chi connectivity index (χ1) is 14.9. The number of carbonyl (C=O) groups excluding carboxylic acids is 1. The van der Waals surface area contributed by atoms with Gasteiger partial charge in [-0.3, -0.25) is 4.79 Å². The van der Waals surface area contributed by atoms with Gasteiger partial charge in [-0.25, -0.2) is 8.42 Å². The third-order valence-electron chi connectivity index (χ3n) is 5.26. The quantitative estimate of drug-likeness (QED) is 0.545. The Hall–Kier alpha value is -2.36. The second-order valence-corrected chi connectivity index (χ2v) is 10.9. The summed E-state index contributed by atoms with van der Waals surface area (Å²) in [4.78, 5) is 13.3. The van der Waals surface area contributed by atoms with Crippen LogP contribution in [-0.4, -0.2) is 38.3 Å². The predicted molar refractivity (Wildman–Crippen MR) is 120 cm³/mol. The van der Waals surface area contributed by atoms with E-state index in [1.54, 1.807) is 12.1 Å². The Labute approximate surface area is 186 Å². The molecule has 1 saturated heterocycles. The van der Waals surface area contributed by atoms with Gasteiger partial charge in [0.1, 0.15) is 9.97 Å². The van der Waals surface area contributed by atoms with E-state index in [9.17, 15) is 13.2 Å². The molecule has 0 saturated carbocycles. The number of thiophene rings is 1. The molecule has 1 atom stereocenters. The van der Waals surface area contributed by atoms with Crippen molar-refractivity contribution in [1.29, 1.82) is 0 Å². The summed E-state index contributed by atoms with van der Waals surface area (Å²) in [6.45, 7) is 5.44. The Balaban J connectivity index is 1.42. The summed E-state index contributed by atoms with van der Waals surface area (Å²) in [5.74, 6) is 1.12. The molecule has 1 aliphatic heterocycles. The largest absolute Gasteiger partial charge is 0.490 e. The van der Waals surface area contributed by atoms with E-state index < -0.39 is 10.0 Å². The van der Waals surface area contributed by atoms with Crippen molar-refractivity contribution in [1.82, 2.24) is 9.62 Å². The molecular formula is C22H26N2O5S2. The summed E-state index contributed by atoms with van der Waals surface area (Å²) < 4.78 is 38.7. The SMILES string of the molecule is CCOc1cccc2cc(C(C)NC(=O)Cc3ccc(S(=O)(=O)N4CCCC4)s3)oc12. The van der Waals surface area contributed by atoms with Gasteiger partial charge in [0.2, 0.25) is 5.91 Å². The molecule has 4 rings (SSSR count). The van der Waals surface area contributed by atoms with Gasteiger partial charge in [-0.1, -0.05) is 12.1 Å². The number of ether oxygens (including phenoxy) is 1. The topological polar surface area (TPSA) is 88.8 Å². The fourth-order valence-corrected chi connectivity index (χ4v) is 6.73. The molecule has 0 bridgehead atoms. The van der Waals surface area contributed by atoms with Crippen LogP contribution in [0, 0.1) is 0 Å². The van der Waals surface area contributed by atoms with E-state index in [0.717, 1.165) is 29.6 Å². The summed E-state index contributed by atoms with van der Waals surface area (Å²) in [5.41, 5.74) is 0.662. The third kappa shape index (κ3) is 4.63. The molecule has 1 N–H and O–H groups in total. The number of hydrogen-bond donors (Lipinski definition) is 1. The number of fused-ring (bicyclic) bond motifs is 1. The zero-order valence-corrected chi connectivity index (χ0v) is 19.2. The van der Waals surface area contributed by atoms with Gasteiger partial charge in [-0.15, -0.1) is 11.3 Å². The van der Waals surface area contributed by atoms with Gasteiger partial charge in [-0.2, -0.15) is 4.31 Å². The molecule has 166 valence electrons. The van der Waals surface area contributed by atoms with Crippen molar-refractivity contribution >= 4 is 38.2 Å². The number of furan rings is 1. The van der Waals surface area contributed by atoms with Crippen LogP contribution in [0.1, 0.15) is 43.4 Å². The van der Waals surface area contributed by atoms with Crippen LogP contribution in [0.4, 0.5) is 0 Å². The van der Waals surface area contributed by atoms with Crippen molar-refractivity contribution in [2.75, 3.05) is 19.7 Å². The number of para-hydroxylation sites is 1. The van der Waals surface area contributed by atoms with Gasteiger partial charge in [0.05, 0.1) is 19.1 Å². The zero-order valence-electron chi connectivity index (χ0n) is 17.6. The molecule has 0 aliphatic carbocycles. The fraction of sp³-hybridized carbons (Fsp3) is 0.409. The average molecular weight is 463 g/mol. The highest BCUT2D eigenvalue weighted by atomic mass is 32.2. The molecule has 31 heavy (non-hydrogen) atoms. The lowest BCUT2D eigenvalue weighted by atomic mass is 10.2. The minimum atomic E-state index is -3.45. The number of amides is 1. The molecule has 0 radical (unpaired) electrons. The number of rotatable bonds is 8. The first-order valence-electron chi connectivity index (χ1n) is 10.4. The summed E-state index contributed by atoms with van der Waals surface area (Å²) in [6, 6.07) is 10.6. The van der Waals surface area contributed by atoms with Crippen LogP contribution in [0.25, 0.3) is 11.0 Å². The fourth-order valence-electron chi connectivity index (χ4n) is 3.71. The molecule has 1 unspecified atom stereocenters. The average Bonchev–Trinajstić information content (AvgIpc) is 3.48. The van der Waals surface area contributed by atoms with Gasteiger partial charge in [-0.05, 0) is 51.0 Å². The highest BCUT2D eigenvalue weighted by molar-refractivity contribution is 7.91. The van der Waals surface area contributed by atoms with Gasteiger partial charge in [0, 0.05) is 23.4 Å². The molecule has 3 aromatic rings. The molecule has 7 nitrogen and oxygen atoms in total. The highest BCUT2D eigenvalue weighted by Gasteiger charge is 2.28. The van der Waals surface area contributed by atoms with Crippen molar-refractivity contribution in [3.05, 3.63) is 47.0 Å². The van der Waals surface area contributed by atoms with E-state index in [-0.39, 0.29) is 18.4 Å². The molecule has 9 heteroatoms. The number of hydrogen-bond acceptors (Lipinski definition) is 6. The maximum Gasteiger partial charge on any atom is 0.252 e. The maximum atomic E-state index is 12.7. The van der Waals surface area contributed by atoms with Gasteiger partial charge in [0.25, 0.3) is 10.0 Å². The van der Waals surface area contributed by atoms with Crippen LogP contribution in [0.5, 0.6) is 5.75 Å². The third-order valence-corrected chi connectivity index (χ3v) is 8.71. The highest BCUT2D eigenvalue weighted by Crippen LogP contribution is 2.31. The predicted octanol–water partition coefficient (Wildman–Crippen LogP) is 4.10. The Kier molecular flexibility index (Phi) is 6.36. The number of sulfonamides is 1. The Morgan fingerprint density at radius 3 is 2.77 bits per heavy atom. The second-order valence-electron chi connectivity index (χ2n) is 7.55. The lowest BCUT2D eigenvalue weighted by Gasteiger charge is -2.13. The number of benzene rings is 1. The second kappa shape index (κ2) is 9.02. The molecule has 1 fully saturated rings. The smallest absolute Gasteiger partial charge is 0.252 e. The minimum absolute atomic E-state index is 0.120. The van der Waals surface area contributed by atoms with Crippen molar-refractivity contribution in [2.24, 2.45) is 0 Å². The first-order valence-corrected chi connectivity index (χ1v) is 12.7. The Morgan fingerprint density at radius 2 is 2.03 bits per heavy atom. The first kappa shape index (κ1) is 21.9. The number of carbonyl (C=O) groups is 1. The van der Waals surface area contributed by atoms with Crippen molar-refractivity contribution < 1.29 is 22.4 Å². The normalized spacial score (nSPS) is 15.9. The van der Waals surface area contributed by atoms with Crippen LogP contribution in [0.3, 0.4) is 0 Å². The molecule has 1 amide bonds. The number of nitrogens with zero attached hydrogens (tertiary/aromatic N) is 1. The molecule has 2 aromatic heterocycles. The molecule has 1 aliphatic rings.